The van der Waals surface area contributed by atoms with Gasteiger partial charge in [0.05, 0.1) is 5.69 Å². The van der Waals surface area contributed by atoms with Crippen LogP contribution in [0.5, 0.6) is 0 Å². The van der Waals surface area contributed by atoms with Crippen molar-refractivity contribution in [1.82, 2.24) is 24.7 Å². The maximum absolute atomic E-state index is 12.6. The zero-order chi connectivity index (χ0) is 23.2. The van der Waals surface area contributed by atoms with Crippen LogP contribution in [-0.2, 0) is 6.54 Å². The largest absolute Gasteiger partial charge is 0.354 e. The lowest BCUT2D eigenvalue weighted by atomic mass is 9.89. The van der Waals surface area contributed by atoms with Crippen LogP contribution in [0, 0.1) is 5.92 Å². The smallest absolute Gasteiger partial charge is 0.327 e. The minimum atomic E-state index is -0.423. The van der Waals surface area contributed by atoms with Crippen molar-refractivity contribution in [3.63, 3.8) is 0 Å². The molecule has 1 aromatic carbocycles. The lowest BCUT2D eigenvalue weighted by molar-refractivity contribution is 0.149. The Labute approximate surface area is 195 Å². The van der Waals surface area contributed by atoms with Crippen molar-refractivity contribution in [3.05, 3.63) is 52.6 Å². The molecule has 33 heavy (non-hydrogen) atoms. The molecule has 3 heterocycles. The fourth-order valence-electron chi connectivity index (χ4n) is 4.66. The van der Waals surface area contributed by atoms with E-state index in [1.165, 1.54) is 23.0 Å². The molecule has 2 saturated heterocycles. The summed E-state index contributed by atoms with van der Waals surface area (Å²) < 4.78 is 1.49. The molecule has 9 heteroatoms. The van der Waals surface area contributed by atoms with Gasteiger partial charge in [-0.15, -0.1) is 0 Å². The molecule has 2 atom stereocenters. The van der Waals surface area contributed by atoms with Gasteiger partial charge in [0.25, 0.3) is 0 Å². The lowest BCUT2D eigenvalue weighted by Gasteiger charge is -2.35. The average molecular weight is 454 g/mol. The zero-order valence-corrected chi connectivity index (χ0v) is 19.4. The summed E-state index contributed by atoms with van der Waals surface area (Å²) in [4.78, 5) is 33.2. The maximum atomic E-state index is 12.6. The highest BCUT2D eigenvalue weighted by atomic mass is 16.2. The van der Waals surface area contributed by atoms with Gasteiger partial charge in [0.15, 0.2) is 0 Å². The molecule has 9 nitrogen and oxygen atoms in total. The Hall–Kier alpha value is -2.75. The second kappa shape index (κ2) is 10.9. The van der Waals surface area contributed by atoms with E-state index < -0.39 is 5.69 Å². The SMILES string of the molecule is CCC(N)C1CCCN(Cc2ccc(-n3ccc(NC(=O)N4CCNCC4)nc3=O)cc2)C1. The molecule has 0 bridgehead atoms. The second-order valence-electron chi connectivity index (χ2n) is 9.01. The fraction of sp³-hybridized carbons (Fsp3) is 0.542. The first kappa shape index (κ1) is 23.4. The van der Waals surface area contributed by atoms with Crippen LogP contribution in [-0.4, -0.2) is 70.7 Å². The normalized spacial score (nSPS) is 20.4. The summed E-state index contributed by atoms with van der Waals surface area (Å²) in [5.41, 5.74) is 7.82. The van der Waals surface area contributed by atoms with Crippen molar-refractivity contribution in [2.45, 2.75) is 38.8 Å². The van der Waals surface area contributed by atoms with Crippen LogP contribution in [0.15, 0.2) is 41.3 Å². The molecule has 4 rings (SSSR count). The molecule has 178 valence electrons. The minimum absolute atomic E-state index is 0.231. The minimum Gasteiger partial charge on any atom is -0.327 e. The number of nitrogens with zero attached hydrogens (tertiary/aromatic N) is 4. The fourth-order valence-corrected chi connectivity index (χ4v) is 4.66. The van der Waals surface area contributed by atoms with Crippen LogP contribution in [0.25, 0.3) is 5.69 Å². The lowest BCUT2D eigenvalue weighted by Crippen LogP contribution is -2.48. The van der Waals surface area contributed by atoms with Crippen LogP contribution < -0.4 is 22.1 Å². The van der Waals surface area contributed by atoms with Crippen molar-refractivity contribution >= 4 is 11.8 Å². The standard InChI is InChI=1S/C24H35N7O2/c1-2-21(25)19-4-3-12-29(17-19)16-18-5-7-20(8-6-18)31-13-9-22(28-24(31)33)27-23(32)30-14-10-26-11-15-30/h5-9,13,19,21,26H,2-4,10-12,14-17,25H2,1H3,(H,27,28,32,33). The topological polar surface area (TPSA) is 109 Å². The first-order valence-electron chi connectivity index (χ1n) is 12.0. The molecule has 0 aliphatic carbocycles. The number of aromatic nitrogens is 2. The number of nitrogens with two attached hydrogens (primary N) is 1. The number of benzene rings is 1. The van der Waals surface area contributed by atoms with E-state index in [1.54, 1.807) is 17.2 Å². The maximum Gasteiger partial charge on any atom is 0.354 e. The van der Waals surface area contributed by atoms with Crippen LogP contribution in [0.1, 0.15) is 31.7 Å². The first-order chi connectivity index (χ1) is 16.0. The van der Waals surface area contributed by atoms with Gasteiger partial charge in [-0.3, -0.25) is 14.8 Å². The predicted molar refractivity (Wildman–Crippen MR) is 130 cm³/mol. The second-order valence-corrected chi connectivity index (χ2v) is 9.01. The molecule has 0 saturated carbocycles. The number of carbonyl (C=O) groups excluding carboxylic acids is 1. The first-order valence-corrected chi connectivity index (χ1v) is 12.0. The van der Waals surface area contributed by atoms with Crippen LogP contribution in [0.3, 0.4) is 0 Å². The van der Waals surface area contributed by atoms with E-state index in [0.717, 1.165) is 44.8 Å². The zero-order valence-electron chi connectivity index (χ0n) is 19.4. The molecule has 2 amide bonds. The molecule has 2 aliphatic heterocycles. The summed E-state index contributed by atoms with van der Waals surface area (Å²) in [5.74, 6) is 0.833. The van der Waals surface area contributed by atoms with Crippen molar-refractivity contribution in [2.75, 3.05) is 44.6 Å². The van der Waals surface area contributed by atoms with Crippen molar-refractivity contribution < 1.29 is 4.79 Å². The van der Waals surface area contributed by atoms with Gasteiger partial charge in [-0.2, -0.15) is 4.98 Å². The third-order valence-corrected chi connectivity index (χ3v) is 6.68. The van der Waals surface area contributed by atoms with Gasteiger partial charge >= 0.3 is 11.7 Å². The van der Waals surface area contributed by atoms with Gasteiger partial charge in [0.1, 0.15) is 5.82 Å². The van der Waals surface area contributed by atoms with Gasteiger partial charge in [-0.05, 0) is 55.5 Å². The Morgan fingerprint density at radius 1 is 1.21 bits per heavy atom. The number of piperazine rings is 1. The summed E-state index contributed by atoms with van der Waals surface area (Å²) >= 11 is 0. The highest BCUT2D eigenvalue weighted by Gasteiger charge is 2.24. The molecule has 2 unspecified atom stereocenters. The molecule has 0 radical (unpaired) electrons. The third kappa shape index (κ3) is 5.98. The summed E-state index contributed by atoms with van der Waals surface area (Å²) in [6, 6.07) is 9.70. The summed E-state index contributed by atoms with van der Waals surface area (Å²) in [6.45, 7) is 7.99. The quantitative estimate of drug-likeness (QED) is 0.613. The van der Waals surface area contributed by atoms with Crippen molar-refractivity contribution in [2.24, 2.45) is 11.7 Å². The summed E-state index contributed by atoms with van der Waals surface area (Å²) in [5, 5.41) is 5.93. The Morgan fingerprint density at radius 2 is 1.97 bits per heavy atom. The summed E-state index contributed by atoms with van der Waals surface area (Å²) in [6.07, 6.45) is 5.08. The van der Waals surface area contributed by atoms with Gasteiger partial charge in [-0.1, -0.05) is 19.1 Å². The highest BCUT2D eigenvalue weighted by Crippen LogP contribution is 2.22. The third-order valence-electron chi connectivity index (χ3n) is 6.68. The Kier molecular flexibility index (Phi) is 7.74. The van der Waals surface area contributed by atoms with Gasteiger partial charge < -0.3 is 16.0 Å². The number of hydrogen-bond donors (Lipinski definition) is 3. The molecular weight excluding hydrogens is 418 g/mol. The van der Waals surface area contributed by atoms with E-state index in [2.05, 4.69) is 39.6 Å². The number of piperidine rings is 1. The van der Waals surface area contributed by atoms with Crippen molar-refractivity contribution in [3.8, 4) is 5.69 Å². The molecule has 0 spiro atoms. The monoisotopic (exact) mass is 453 g/mol. The number of likely N-dealkylation sites (tertiary alicyclic amines) is 1. The van der Waals surface area contributed by atoms with E-state index >= 15 is 0 Å². The number of amides is 2. The number of anilines is 1. The van der Waals surface area contributed by atoms with E-state index in [-0.39, 0.29) is 17.9 Å². The van der Waals surface area contributed by atoms with Gasteiger partial charge in [0.2, 0.25) is 0 Å². The average Bonchev–Trinajstić information content (AvgIpc) is 2.85. The summed E-state index contributed by atoms with van der Waals surface area (Å²) in [7, 11) is 0. The van der Waals surface area contributed by atoms with Crippen molar-refractivity contribution in [1.29, 1.82) is 0 Å². The van der Waals surface area contributed by atoms with E-state index in [4.69, 9.17) is 5.73 Å². The number of urea groups is 1. The van der Waals surface area contributed by atoms with Crippen LogP contribution in [0.2, 0.25) is 0 Å². The molecule has 2 fully saturated rings. The molecule has 2 aliphatic rings. The molecule has 1 aromatic heterocycles. The Morgan fingerprint density at radius 3 is 2.67 bits per heavy atom. The van der Waals surface area contributed by atoms with Gasteiger partial charge in [0, 0.05) is 51.5 Å². The molecular formula is C24H35N7O2. The highest BCUT2D eigenvalue weighted by molar-refractivity contribution is 5.88. The van der Waals surface area contributed by atoms with Gasteiger partial charge in [-0.25, -0.2) is 9.59 Å². The van der Waals surface area contributed by atoms with Crippen LogP contribution in [0.4, 0.5) is 10.6 Å². The Balaban J connectivity index is 1.37. The van der Waals surface area contributed by atoms with E-state index in [9.17, 15) is 9.59 Å². The number of nitrogens with one attached hydrogen (secondary N) is 2. The number of carbonyl (C=O) groups is 1. The number of rotatable bonds is 6. The molecule has 4 N–H and O–H groups in total. The van der Waals surface area contributed by atoms with E-state index in [0.29, 0.717) is 19.0 Å². The van der Waals surface area contributed by atoms with E-state index in [1.807, 2.05) is 12.1 Å². The molecule has 2 aromatic rings. The van der Waals surface area contributed by atoms with Crippen LogP contribution >= 0.6 is 0 Å². The predicted octanol–water partition coefficient (Wildman–Crippen LogP) is 1.62. The Bertz CT molecular complexity index is 985. The number of hydrogen-bond acceptors (Lipinski definition) is 6.